The van der Waals surface area contributed by atoms with Crippen LogP contribution in [0.25, 0.3) is 10.9 Å². The minimum atomic E-state index is 0.201. The minimum Gasteiger partial charge on any atom is -0.347 e. The van der Waals surface area contributed by atoms with Gasteiger partial charge in [0.2, 0.25) is 5.91 Å². The second-order valence-electron chi connectivity index (χ2n) is 9.02. The fourth-order valence-corrected chi connectivity index (χ4v) is 5.06. The molecule has 0 radical (unpaired) electrons. The number of hydrogen-bond acceptors (Lipinski definition) is 3. The van der Waals surface area contributed by atoms with Crippen molar-refractivity contribution in [2.75, 3.05) is 37.6 Å². The van der Waals surface area contributed by atoms with Gasteiger partial charge in [-0.1, -0.05) is 49.7 Å². The van der Waals surface area contributed by atoms with Gasteiger partial charge in [-0.3, -0.25) is 9.69 Å². The van der Waals surface area contributed by atoms with E-state index in [1.165, 1.54) is 39.7 Å². The van der Waals surface area contributed by atoms with Gasteiger partial charge in [0.05, 0.1) is 12.1 Å². The SMILES string of the molecule is CC.Cc1ccc(CCN2CCN(c3ccc4c5c(n(C)c4c3)CCCNC5)C(=O)C2)cc1. The van der Waals surface area contributed by atoms with E-state index in [2.05, 4.69) is 71.2 Å². The Morgan fingerprint density at radius 2 is 1.82 bits per heavy atom. The molecule has 0 unspecified atom stereocenters. The van der Waals surface area contributed by atoms with Crippen LogP contribution in [-0.2, 0) is 31.2 Å². The van der Waals surface area contributed by atoms with E-state index >= 15 is 0 Å². The van der Waals surface area contributed by atoms with Crippen molar-refractivity contribution in [1.82, 2.24) is 14.8 Å². The zero-order chi connectivity index (χ0) is 23.4. The zero-order valence-corrected chi connectivity index (χ0v) is 20.7. The first-order chi connectivity index (χ1) is 16.1. The number of piperazine rings is 1. The standard InChI is InChI=1S/C26H32N4O.C2H6/c1-19-5-7-20(8-6-19)11-13-29-14-15-30(26(31)18-29)21-9-10-22-23-17-27-12-3-4-24(23)28(2)25(22)16-21;1-2/h5-10,16,27H,3-4,11-15,17-18H2,1-2H3;1-2H3. The molecule has 1 N–H and O–H groups in total. The van der Waals surface area contributed by atoms with Gasteiger partial charge >= 0.3 is 0 Å². The highest BCUT2D eigenvalue weighted by Gasteiger charge is 2.26. The largest absolute Gasteiger partial charge is 0.347 e. The number of anilines is 1. The summed E-state index contributed by atoms with van der Waals surface area (Å²) in [6, 6.07) is 15.3. The number of rotatable bonds is 4. The smallest absolute Gasteiger partial charge is 0.241 e. The van der Waals surface area contributed by atoms with Gasteiger partial charge in [0, 0.05) is 50.0 Å². The summed E-state index contributed by atoms with van der Waals surface area (Å²) in [4.78, 5) is 17.2. The number of benzene rings is 2. The number of aryl methyl sites for hydroxylation is 2. The molecule has 33 heavy (non-hydrogen) atoms. The van der Waals surface area contributed by atoms with E-state index in [0.717, 1.165) is 51.3 Å². The van der Waals surface area contributed by atoms with Gasteiger partial charge in [-0.05, 0) is 56.0 Å². The Morgan fingerprint density at radius 1 is 1.03 bits per heavy atom. The Morgan fingerprint density at radius 3 is 2.58 bits per heavy atom. The molecule has 5 nitrogen and oxygen atoms in total. The lowest BCUT2D eigenvalue weighted by atomic mass is 10.1. The molecule has 5 rings (SSSR count). The highest BCUT2D eigenvalue weighted by molar-refractivity contribution is 5.98. The molecule has 3 aromatic rings. The third kappa shape index (κ3) is 4.99. The van der Waals surface area contributed by atoms with Crippen molar-refractivity contribution >= 4 is 22.5 Å². The average molecular weight is 447 g/mol. The van der Waals surface area contributed by atoms with E-state index in [1.54, 1.807) is 0 Å². The predicted molar refractivity (Wildman–Crippen MR) is 138 cm³/mol. The van der Waals surface area contributed by atoms with Crippen LogP contribution in [0.1, 0.15) is 42.7 Å². The molecule has 0 atom stereocenters. The van der Waals surface area contributed by atoms with Crippen molar-refractivity contribution in [2.24, 2.45) is 7.05 Å². The Labute approximate surface area is 198 Å². The van der Waals surface area contributed by atoms with Gasteiger partial charge in [-0.2, -0.15) is 0 Å². The van der Waals surface area contributed by atoms with Crippen LogP contribution in [0.15, 0.2) is 42.5 Å². The predicted octanol–water partition coefficient (Wildman–Crippen LogP) is 4.44. The van der Waals surface area contributed by atoms with Crippen LogP contribution in [0.3, 0.4) is 0 Å². The van der Waals surface area contributed by atoms with Crippen LogP contribution in [0.4, 0.5) is 5.69 Å². The maximum absolute atomic E-state index is 13.0. The normalized spacial score (nSPS) is 16.8. The number of carbonyl (C=O) groups excluding carboxylic acids is 1. The number of carbonyl (C=O) groups is 1. The van der Waals surface area contributed by atoms with Crippen LogP contribution >= 0.6 is 0 Å². The monoisotopic (exact) mass is 446 g/mol. The Bertz CT molecular complexity index is 1100. The van der Waals surface area contributed by atoms with Gasteiger partial charge in [0.25, 0.3) is 0 Å². The molecular weight excluding hydrogens is 408 g/mol. The molecule has 1 amide bonds. The Hall–Kier alpha value is -2.63. The molecule has 176 valence electrons. The second-order valence-corrected chi connectivity index (χ2v) is 9.02. The fourth-order valence-electron chi connectivity index (χ4n) is 5.06. The summed E-state index contributed by atoms with van der Waals surface area (Å²) in [6.07, 6.45) is 3.27. The summed E-state index contributed by atoms with van der Waals surface area (Å²) in [7, 11) is 2.17. The second kappa shape index (κ2) is 10.5. The summed E-state index contributed by atoms with van der Waals surface area (Å²) in [5, 5.41) is 4.86. The van der Waals surface area contributed by atoms with Gasteiger partial charge in [-0.15, -0.1) is 0 Å². The number of nitrogens with one attached hydrogen (secondary N) is 1. The van der Waals surface area contributed by atoms with Crippen LogP contribution in [0, 0.1) is 6.92 Å². The first-order valence-corrected chi connectivity index (χ1v) is 12.5. The lowest BCUT2D eigenvalue weighted by Crippen LogP contribution is -2.50. The lowest BCUT2D eigenvalue weighted by molar-refractivity contribution is -0.121. The van der Waals surface area contributed by atoms with Crippen molar-refractivity contribution in [2.45, 2.75) is 46.6 Å². The first-order valence-electron chi connectivity index (χ1n) is 12.5. The number of nitrogens with zero attached hydrogens (tertiary/aromatic N) is 3. The number of aromatic nitrogens is 1. The molecule has 1 aromatic heterocycles. The van der Waals surface area contributed by atoms with Gasteiger partial charge in [0.15, 0.2) is 0 Å². The summed E-state index contributed by atoms with van der Waals surface area (Å²) in [6.45, 7) is 11.2. The number of hydrogen-bond donors (Lipinski definition) is 1. The van der Waals surface area contributed by atoms with Gasteiger partial charge < -0.3 is 14.8 Å². The average Bonchev–Trinajstić information content (AvgIpc) is 2.99. The molecule has 0 spiro atoms. The summed E-state index contributed by atoms with van der Waals surface area (Å²) in [5.41, 5.74) is 7.75. The van der Waals surface area contributed by atoms with Crippen LogP contribution in [0.2, 0.25) is 0 Å². The van der Waals surface area contributed by atoms with E-state index < -0.39 is 0 Å². The molecule has 2 aliphatic heterocycles. The summed E-state index contributed by atoms with van der Waals surface area (Å²) in [5.74, 6) is 0.201. The molecule has 0 aliphatic carbocycles. The molecule has 0 bridgehead atoms. The number of amides is 1. The highest BCUT2D eigenvalue weighted by atomic mass is 16.2. The maximum atomic E-state index is 13.0. The van der Waals surface area contributed by atoms with E-state index in [4.69, 9.17) is 0 Å². The molecule has 5 heteroatoms. The molecule has 2 aromatic carbocycles. The molecule has 1 saturated heterocycles. The highest BCUT2D eigenvalue weighted by Crippen LogP contribution is 2.31. The molecule has 2 aliphatic rings. The third-order valence-electron chi connectivity index (χ3n) is 6.94. The van der Waals surface area contributed by atoms with E-state index in [0.29, 0.717) is 6.54 Å². The third-order valence-corrected chi connectivity index (χ3v) is 6.94. The Kier molecular flexibility index (Phi) is 7.51. The van der Waals surface area contributed by atoms with Crippen molar-refractivity contribution in [1.29, 1.82) is 0 Å². The molecule has 1 fully saturated rings. The first kappa shape index (κ1) is 23.5. The molecule has 3 heterocycles. The van der Waals surface area contributed by atoms with Gasteiger partial charge in [0.1, 0.15) is 0 Å². The summed E-state index contributed by atoms with van der Waals surface area (Å²) >= 11 is 0. The van der Waals surface area contributed by atoms with Gasteiger partial charge in [-0.25, -0.2) is 0 Å². The topological polar surface area (TPSA) is 40.5 Å². The van der Waals surface area contributed by atoms with E-state index in [-0.39, 0.29) is 5.91 Å². The Balaban J connectivity index is 0.00000126. The fraction of sp³-hybridized carbons (Fsp3) is 0.464. The van der Waals surface area contributed by atoms with Crippen molar-refractivity contribution in [3.8, 4) is 0 Å². The van der Waals surface area contributed by atoms with Crippen LogP contribution in [-0.4, -0.2) is 48.1 Å². The summed E-state index contributed by atoms with van der Waals surface area (Å²) < 4.78 is 2.34. The van der Waals surface area contributed by atoms with Crippen molar-refractivity contribution in [3.05, 3.63) is 64.8 Å². The number of fused-ring (bicyclic) bond motifs is 3. The van der Waals surface area contributed by atoms with Crippen LogP contribution < -0.4 is 10.2 Å². The molecular formula is C28H38N4O. The van der Waals surface area contributed by atoms with E-state index in [9.17, 15) is 4.79 Å². The lowest BCUT2D eigenvalue weighted by Gasteiger charge is -2.34. The molecule has 0 saturated carbocycles. The van der Waals surface area contributed by atoms with Crippen LogP contribution in [0.5, 0.6) is 0 Å². The van der Waals surface area contributed by atoms with Crippen molar-refractivity contribution < 1.29 is 4.79 Å². The quantitative estimate of drug-likeness (QED) is 0.644. The maximum Gasteiger partial charge on any atom is 0.241 e. The van der Waals surface area contributed by atoms with Crippen molar-refractivity contribution in [3.63, 3.8) is 0 Å². The minimum absolute atomic E-state index is 0.201. The van der Waals surface area contributed by atoms with E-state index in [1.807, 2.05) is 18.7 Å². The zero-order valence-electron chi connectivity index (χ0n) is 20.7.